The van der Waals surface area contributed by atoms with Crippen LogP contribution < -0.4 is 4.74 Å². The van der Waals surface area contributed by atoms with Gasteiger partial charge in [0, 0.05) is 11.3 Å². The van der Waals surface area contributed by atoms with Gasteiger partial charge in [0.15, 0.2) is 0 Å². The molecule has 0 spiro atoms. The van der Waals surface area contributed by atoms with E-state index in [1.807, 2.05) is 62.4 Å². The lowest BCUT2D eigenvalue weighted by Crippen LogP contribution is -2.20. The Bertz CT molecular complexity index is 800. The highest BCUT2D eigenvalue weighted by Gasteiger charge is 2.13. The minimum atomic E-state index is -0.629. The number of aryl methyl sites for hydroxylation is 2. The summed E-state index contributed by atoms with van der Waals surface area (Å²) in [6, 6.07) is 15.6. The molecule has 0 unspecified atom stereocenters. The molecule has 1 atom stereocenters. The molecule has 0 saturated heterocycles. The summed E-state index contributed by atoms with van der Waals surface area (Å²) in [6.07, 6.45) is -0.629. The molecule has 0 aliphatic rings. The Morgan fingerprint density at radius 3 is 2.48 bits per heavy atom. The van der Waals surface area contributed by atoms with Gasteiger partial charge in [-0.3, -0.25) is 0 Å². The molecular weight excluding hydrogens is 336 g/mol. The topological polar surface area (TPSA) is 68.4 Å². The molecule has 1 N–H and O–H groups in total. The molecule has 0 amide bonds. The second kappa shape index (κ2) is 8.18. The lowest BCUT2D eigenvalue weighted by Gasteiger charge is -2.14. The summed E-state index contributed by atoms with van der Waals surface area (Å²) in [7, 11) is 0. The number of nitrogens with zero attached hydrogens (tertiary/aromatic N) is 2. The van der Waals surface area contributed by atoms with Crippen molar-refractivity contribution in [2.45, 2.75) is 25.2 Å². The fourth-order valence-electron chi connectivity index (χ4n) is 2.39. The van der Waals surface area contributed by atoms with Crippen molar-refractivity contribution < 1.29 is 14.3 Å². The van der Waals surface area contributed by atoms with Gasteiger partial charge in [0.2, 0.25) is 5.89 Å². The van der Waals surface area contributed by atoms with Gasteiger partial charge in [-0.25, -0.2) is 0 Å². The van der Waals surface area contributed by atoms with E-state index in [0.717, 1.165) is 22.4 Å². The molecule has 130 valence electrons. The Balaban J connectivity index is 1.51. The van der Waals surface area contributed by atoms with Crippen molar-refractivity contribution in [2.24, 2.45) is 0 Å². The summed E-state index contributed by atoms with van der Waals surface area (Å²) < 4.78 is 11.4. The van der Waals surface area contributed by atoms with Crippen molar-refractivity contribution in [1.82, 2.24) is 10.2 Å². The van der Waals surface area contributed by atoms with Crippen LogP contribution in [0.3, 0.4) is 0 Å². The van der Waals surface area contributed by atoms with Crippen molar-refractivity contribution >= 4 is 11.8 Å². The van der Waals surface area contributed by atoms with Crippen molar-refractivity contribution in [3.8, 4) is 17.2 Å². The second-order valence-electron chi connectivity index (χ2n) is 5.74. The largest absolute Gasteiger partial charge is 0.490 e. The quantitative estimate of drug-likeness (QED) is 0.648. The highest BCUT2D eigenvalue weighted by atomic mass is 32.2. The van der Waals surface area contributed by atoms with Crippen LogP contribution in [0.15, 0.2) is 58.2 Å². The summed E-state index contributed by atoms with van der Waals surface area (Å²) in [4.78, 5) is 0. The van der Waals surface area contributed by atoms with E-state index in [9.17, 15) is 5.11 Å². The number of ether oxygens (including phenoxy) is 1. The van der Waals surface area contributed by atoms with E-state index in [1.165, 1.54) is 11.8 Å². The van der Waals surface area contributed by atoms with Crippen LogP contribution in [0, 0.1) is 13.8 Å². The van der Waals surface area contributed by atoms with E-state index in [0.29, 0.717) is 16.9 Å². The van der Waals surface area contributed by atoms with Crippen molar-refractivity contribution in [3.05, 3.63) is 59.7 Å². The van der Waals surface area contributed by atoms with Gasteiger partial charge in [-0.1, -0.05) is 48.2 Å². The molecular formula is C19H20N2O3S. The van der Waals surface area contributed by atoms with E-state index in [4.69, 9.17) is 9.15 Å². The Hall–Kier alpha value is -2.31. The highest BCUT2D eigenvalue weighted by molar-refractivity contribution is 7.99. The molecule has 0 aliphatic carbocycles. The second-order valence-corrected chi connectivity index (χ2v) is 6.71. The van der Waals surface area contributed by atoms with Gasteiger partial charge in [-0.05, 0) is 37.1 Å². The van der Waals surface area contributed by atoms with Crippen LogP contribution in [0.4, 0.5) is 0 Å². The van der Waals surface area contributed by atoms with Gasteiger partial charge < -0.3 is 14.3 Å². The van der Waals surface area contributed by atoms with Crippen LogP contribution in [0.1, 0.15) is 11.1 Å². The van der Waals surface area contributed by atoms with Gasteiger partial charge in [0.25, 0.3) is 5.22 Å². The molecule has 3 rings (SSSR count). The van der Waals surface area contributed by atoms with Gasteiger partial charge in [0.1, 0.15) is 12.4 Å². The van der Waals surface area contributed by atoms with Crippen LogP contribution >= 0.6 is 11.8 Å². The highest BCUT2D eigenvalue weighted by Crippen LogP contribution is 2.25. The minimum Gasteiger partial charge on any atom is -0.490 e. The molecule has 0 saturated carbocycles. The standard InChI is InChI=1S/C19H20N2O3S/c1-13-7-6-8-14(2)17(13)23-11-16(22)12-25-19-21-20-18(24-19)15-9-4-3-5-10-15/h3-10,16,22H,11-12H2,1-2H3/t16-/m1/s1. The molecule has 3 aromatic rings. The first-order chi connectivity index (χ1) is 12.1. The van der Waals surface area contributed by atoms with Crippen LogP contribution in [-0.2, 0) is 0 Å². The number of thioether (sulfide) groups is 1. The van der Waals surface area contributed by atoms with E-state index in [-0.39, 0.29) is 6.61 Å². The summed E-state index contributed by atoms with van der Waals surface area (Å²) in [5.74, 6) is 1.72. The van der Waals surface area contributed by atoms with Gasteiger partial charge in [-0.2, -0.15) is 0 Å². The molecule has 0 aliphatic heterocycles. The molecule has 6 heteroatoms. The van der Waals surface area contributed by atoms with Crippen LogP contribution in [0.2, 0.25) is 0 Å². The number of rotatable bonds is 7. The molecule has 0 bridgehead atoms. The molecule has 0 radical (unpaired) electrons. The summed E-state index contributed by atoms with van der Waals surface area (Å²) in [6.45, 7) is 4.21. The fourth-order valence-corrected chi connectivity index (χ4v) is 3.06. The number of hydrogen-bond donors (Lipinski definition) is 1. The molecule has 1 aromatic heterocycles. The number of benzene rings is 2. The SMILES string of the molecule is Cc1cccc(C)c1OC[C@@H](O)CSc1nnc(-c2ccccc2)o1. The third-order valence-electron chi connectivity index (χ3n) is 3.66. The lowest BCUT2D eigenvalue weighted by molar-refractivity contribution is 0.125. The summed E-state index contributed by atoms with van der Waals surface area (Å²) in [5, 5.41) is 18.6. The van der Waals surface area contributed by atoms with Crippen molar-refractivity contribution in [3.63, 3.8) is 0 Å². The third-order valence-corrected chi connectivity index (χ3v) is 4.62. The predicted octanol–water partition coefficient (Wildman–Crippen LogP) is 3.89. The molecule has 2 aromatic carbocycles. The van der Waals surface area contributed by atoms with Crippen molar-refractivity contribution in [1.29, 1.82) is 0 Å². The van der Waals surface area contributed by atoms with E-state index < -0.39 is 6.10 Å². The van der Waals surface area contributed by atoms with Crippen LogP contribution in [-0.4, -0.2) is 33.8 Å². The Labute approximate surface area is 151 Å². The zero-order valence-corrected chi connectivity index (χ0v) is 15.0. The Morgan fingerprint density at radius 1 is 1.04 bits per heavy atom. The Morgan fingerprint density at radius 2 is 1.76 bits per heavy atom. The molecule has 25 heavy (non-hydrogen) atoms. The first-order valence-electron chi connectivity index (χ1n) is 8.02. The monoisotopic (exact) mass is 356 g/mol. The zero-order chi connectivity index (χ0) is 17.6. The molecule has 5 nitrogen and oxygen atoms in total. The van der Waals surface area contributed by atoms with Crippen molar-refractivity contribution in [2.75, 3.05) is 12.4 Å². The number of para-hydroxylation sites is 1. The minimum absolute atomic E-state index is 0.221. The first kappa shape index (κ1) is 17.5. The third kappa shape index (κ3) is 4.61. The fraction of sp³-hybridized carbons (Fsp3) is 0.263. The van der Waals surface area contributed by atoms with E-state index in [1.54, 1.807) is 0 Å². The van der Waals surface area contributed by atoms with Gasteiger partial charge >= 0.3 is 0 Å². The number of aliphatic hydroxyl groups is 1. The lowest BCUT2D eigenvalue weighted by atomic mass is 10.1. The average Bonchev–Trinajstić information content (AvgIpc) is 3.09. The van der Waals surface area contributed by atoms with Crippen LogP contribution in [0.25, 0.3) is 11.5 Å². The molecule has 1 heterocycles. The first-order valence-corrected chi connectivity index (χ1v) is 9.01. The number of aromatic nitrogens is 2. The summed E-state index contributed by atoms with van der Waals surface area (Å²) >= 11 is 1.32. The average molecular weight is 356 g/mol. The molecule has 0 fully saturated rings. The van der Waals surface area contributed by atoms with E-state index in [2.05, 4.69) is 10.2 Å². The predicted molar refractivity (Wildman–Crippen MR) is 97.9 cm³/mol. The normalized spacial score (nSPS) is 12.1. The zero-order valence-electron chi connectivity index (χ0n) is 14.2. The number of hydrogen-bond acceptors (Lipinski definition) is 6. The van der Waals surface area contributed by atoms with Gasteiger partial charge in [-0.15, -0.1) is 10.2 Å². The van der Waals surface area contributed by atoms with Crippen LogP contribution in [0.5, 0.6) is 5.75 Å². The van der Waals surface area contributed by atoms with E-state index >= 15 is 0 Å². The Kier molecular flexibility index (Phi) is 5.73. The maximum absolute atomic E-state index is 10.1. The number of aliphatic hydroxyl groups excluding tert-OH is 1. The smallest absolute Gasteiger partial charge is 0.276 e. The van der Waals surface area contributed by atoms with Gasteiger partial charge in [0.05, 0.1) is 6.10 Å². The maximum Gasteiger partial charge on any atom is 0.276 e. The summed E-state index contributed by atoms with van der Waals surface area (Å²) in [5.41, 5.74) is 2.99. The maximum atomic E-state index is 10.1.